The van der Waals surface area contributed by atoms with Crippen molar-refractivity contribution in [2.75, 3.05) is 32.8 Å². The number of nitrogens with zero attached hydrogens (tertiary/aromatic N) is 3. The number of hydrogen-bond acceptors (Lipinski definition) is 5. The molecule has 28 heavy (non-hydrogen) atoms. The van der Waals surface area contributed by atoms with E-state index in [1.807, 2.05) is 55.5 Å². The van der Waals surface area contributed by atoms with Crippen LogP contribution in [0, 0.1) is 6.92 Å². The molecule has 0 bridgehead atoms. The van der Waals surface area contributed by atoms with E-state index in [1.165, 1.54) is 10.2 Å². The lowest BCUT2D eigenvalue weighted by Gasteiger charge is -2.28. The highest BCUT2D eigenvalue weighted by atomic mass is 16.5. The van der Waals surface area contributed by atoms with Gasteiger partial charge in [-0.1, -0.05) is 48.0 Å². The van der Waals surface area contributed by atoms with Crippen LogP contribution in [-0.2, 0) is 11.3 Å². The first kappa shape index (κ1) is 18.8. The van der Waals surface area contributed by atoms with Crippen LogP contribution in [0.3, 0.4) is 0 Å². The summed E-state index contributed by atoms with van der Waals surface area (Å²) in [7, 11) is 0. The zero-order chi connectivity index (χ0) is 19.5. The van der Waals surface area contributed by atoms with Gasteiger partial charge in [-0.3, -0.25) is 9.69 Å². The van der Waals surface area contributed by atoms with Gasteiger partial charge < -0.3 is 9.84 Å². The van der Waals surface area contributed by atoms with Crippen LogP contribution in [0.4, 0.5) is 0 Å². The predicted molar refractivity (Wildman–Crippen MR) is 109 cm³/mol. The third-order valence-corrected chi connectivity index (χ3v) is 5.15. The van der Waals surface area contributed by atoms with E-state index in [2.05, 4.69) is 10.00 Å². The fourth-order valence-corrected chi connectivity index (χ4v) is 3.62. The molecule has 1 aromatic heterocycles. The lowest BCUT2D eigenvalue weighted by atomic mass is 10.0. The summed E-state index contributed by atoms with van der Waals surface area (Å²) in [5, 5.41) is 16.6. The normalized spacial score (nSPS) is 16.4. The number of ether oxygens (including phenoxy) is 1. The van der Waals surface area contributed by atoms with Gasteiger partial charge in [-0.15, -0.1) is 0 Å². The minimum absolute atomic E-state index is 0.167. The Balaban J connectivity index is 1.69. The van der Waals surface area contributed by atoms with Crippen LogP contribution in [0.25, 0.3) is 22.0 Å². The predicted octanol–water partition coefficient (Wildman–Crippen LogP) is 2.07. The van der Waals surface area contributed by atoms with Crippen molar-refractivity contribution in [2.45, 2.75) is 19.6 Å². The average Bonchev–Trinajstić information content (AvgIpc) is 2.72. The summed E-state index contributed by atoms with van der Waals surface area (Å²) in [4.78, 5) is 15.1. The van der Waals surface area contributed by atoms with Crippen molar-refractivity contribution in [3.8, 4) is 11.3 Å². The van der Waals surface area contributed by atoms with Gasteiger partial charge >= 0.3 is 0 Å². The van der Waals surface area contributed by atoms with Gasteiger partial charge in [-0.05, 0) is 13.0 Å². The van der Waals surface area contributed by atoms with E-state index in [1.54, 1.807) is 0 Å². The minimum Gasteiger partial charge on any atom is -0.390 e. The summed E-state index contributed by atoms with van der Waals surface area (Å²) in [6.07, 6.45) is -0.671. The van der Waals surface area contributed by atoms with Crippen LogP contribution in [-0.4, -0.2) is 58.7 Å². The number of fused-ring (bicyclic) bond motifs is 1. The molecule has 1 atom stereocenters. The van der Waals surface area contributed by atoms with Gasteiger partial charge in [0, 0.05) is 30.6 Å². The maximum absolute atomic E-state index is 12.9. The highest BCUT2D eigenvalue weighted by molar-refractivity contribution is 5.93. The Kier molecular flexibility index (Phi) is 5.52. The third-order valence-electron chi connectivity index (χ3n) is 5.15. The molecule has 0 unspecified atom stereocenters. The van der Waals surface area contributed by atoms with Crippen LogP contribution >= 0.6 is 0 Å². The number of benzene rings is 2. The summed E-state index contributed by atoms with van der Waals surface area (Å²) in [5.74, 6) is 0. The largest absolute Gasteiger partial charge is 0.390 e. The lowest BCUT2D eigenvalue weighted by Crippen LogP contribution is -2.43. The van der Waals surface area contributed by atoms with Gasteiger partial charge in [0.25, 0.3) is 5.56 Å². The number of aliphatic hydroxyl groups is 1. The Bertz CT molecular complexity index is 1010. The summed E-state index contributed by atoms with van der Waals surface area (Å²) >= 11 is 0. The second-order valence-corrected chi connectivity index (χ2v) is 7.31. The van der Waals surface area contributed by atoms with E-state index >= 15 is 0 Å². The quantitative estimate of drug-likeness (QED) is 0.735. The molecule has 1 saturated heterocycles. The van der Waals surface area contributed by atoms with Gasteiger partial charge in [0.15, 0.2) is 0 Å². The molecule has 0 aliphatic carbocycles. The molecule has 0 saturated carbocycles. The van der Waals surface area contributed by atoms with Crippen LogP contribution in [0.5, 0.6) is 0 Å². The van der Waals surface area contributed by atoms with Crippen molar-refractivity contribution in [1.82, 2.24) is 14.7 Å². The molecule has 0 amide bonds. The van der Waals surface area contributed by atoms with Crippen LogP contribution in [0.15, 0.2) is 53.3 Å². The Hall–Kier alpha value is -2.54. The van der Waals surface area contributed by atoms with Crippen molar-refractivity contribution in [2.24, 2.45) is 0 Å². The Morgan fingerprint density at radius 3 is 2.43 bits per heavy atom. The molecule has 1 aliphatic heterocycles. The molecule has 0 spiro atoms. The molecule has 4 rings (SSSR count). The van der Waals surface area contributed by atoms with E-state index in [-0.39, 0.29) is 12.1 Å². The molecule has 146 valence electrons. The van der Waals surface area contributed by atoms with E-state index in [0.29, 0.717) is 25.1 Å². The molecular weight excluding hydrogens is 354 g/mol. The zero-order valence-corrected chi connectivity index (χ0v) is 16.0. The summed E-state index contributed by atoms with van der Waals surface area (Å²) in [6, 6.07) is 15.6. The fourth-order valence-electron chi connectivity index (χ4n) is 3.62. The third kappa shape index (κ3) is 3.99. The summed E-state index contributed by atoms with van der Waals surface area (Å²) in [5.41, 5.74) is 2.71. The first-order valence-corrected chi connectivity index (χ1v) is 9.67. The summed E-state index contributed by atoms with van der Waals surface area (Å²) in [6.45, 7) is 5.66. The van der Waals surface area contributed by atoms with Crippen molar-refractivity contribution in [3.05, 3.63) is 64.4 Å². The first-order chi connectivity index (χ1) is 13.6. The summed E-state index contributed by atoms with van der Waals surface area (Å²) < 4.78 is 6.75. The molecule has 6 heteroatoms. The highest BCUT2D eigenvalue weighted by Crippen LogP contribution is 2.24. The highest BCUT2D eigenvalue weighted by Gasteiger charge is 2.18. The van der Waals surface area contributed by atoms with Crippen LogP contribution in [0.2, 0.25) is 0 Å². The maximum Gasteiger partial charge on any atom is 0.274 e. The standard InChI is InChI=1S/C22H25N3O3/c1-16-6-8-17(9-7-16)21-19-4-2-3-5-20(19)22(27)25(23-21)15-18(26)14-24-10-12-28-13-11-24/h2-9,18,26H,10-15H2,1H3/t18-/m1/s1. The van der Waals surface area contributed by atoms with Crippen molar-refractivity contribution >= 4 is 10.8 Å². The number of aromatic nitrogens is 2. The van der Waals surface area contributed by atoms with Crippen molar-refractivity contribution < 1.29 is 9.84 Å². The number of rotatable bonds is 5. The molecule has 0 radical (unpaired) electrons. The monoisotopic (exact) mass is 379 g/mol. The van der Waals surface area contributed by atoms with Gasteiger partial charge in [0.1, 0.15) is 0 Å². The van der Waals surface area contributed by atoms with E-state index in [4.69, 9.17) is 4.74 Å². The van der Waals surface area contributed by atoms with Crippen LogP contribution in [0.1, 0.15) is 5.56 Å². The molecule has 2 heterocycles. The van der Waals surface area contributed by atoms with Gasteiger partial charge in [-0.25, -0.2) is 4.68 Å². The van der Waals surface area contributed by atoms with Gasteiger partial charge in [0.2, 0.25) is 0 Å². The number of hydrogen-bond donors (Lipinski definition) is 1. The second-order valence-electron chi connectivity index (χ2n) is 7.31. The first-order valence-electron chi connectivity index (χ1n) is 9.67. The van der Waals surface area contributed by atoms with Gasteiger partial charge in [0.05, 0.1) is 36.9 Å². The van der Waals surface area contributed by atoms with E-state index in [0.717, 1.165) is 29.7 Å². The Morgan fingerprint density at radius 2 is 1.71 bits per heavy atom. The number of morpholine rings is 1. The van der Waals surface area contributed by atoms with Gasteiger partial charge in [-0.2, -0.15) is 5.10 Å². The maximum atomic E-state index is 12.9. The molecule has 6 nitrogen and oxygen atoms in total. The molecular formula is C22H25N3O3. The Morgan fingerprint density at radius 1 is 1.04 bits per heavy atom. The zero-order valence-electron chi connectivity index (χ0n) is 16.0. The smallest absolute Gasteiger partial charge is 0.274 e. The van der Waals surface area contributed by atoms with Crippen molar-refractivity contribution in [3.63, 3.8) is 0 Å². The van der Waals surface area contributed by atoms with Crippen molar-refractivity contribution in [1.29, 1.82) is 0 Å². The molecule has 3 aromatic rings. The average molecular weight is 379 g/mol. The van der Waals surface area contributed by atoms with Crippen LogP contribution < -0.4 is 5.56 Å². The number of β-amino-alcohol motifs (C(OH)–C–C–N with tert-alkyl or cyclic N) is 1. The van der Waals surface area contributed by atoms with E-state index in [9.17, 15) is 9.90 Å². The topological polar surface area (TPSA) is 67.6 Å². The number of aryl methyl sites for hydroxylation is 1. The SMILES string of the molecule is Cc1ccc(-c2nn(C[C@H](O)CN3CCOCC3)c(=O)c3ccccc23)cc1. The fraction of sp³-hybridized carbons (Fsp3) is 0.364. The second kappa shape index (κ2) is 8.22. The van der Waals surface area contributed by atoms with E-state index < -0.39 is 6.10 Å². The lowest BCUT2D eigenvalue weighted by molar-refractivity contribution is 0.0106. The minimum atomic E-state index is -0.671. The molecule has 1 aliphatic rings. The number of aliphatic hydroxyl groups excluding tert-OH is 1. The molecule has 1 fully saturated rings. The molecule has 1 N–H and O–H groups in total. The molecule has 2 aromatic carbocycles. The Labute approximate surface area is 164 Å².